The molecule has 2 amide bonds. The van der Waals surface area contributed by atoms with Crippen LogP contribution in [0.2, 0.25) is 0 Å². The van der Waals surface area contributed by atoms with Crippen molar-refractivity contribution in [3.8, 4) is 0 Å². The molecule has 0 aliphatic heterocycles. The Labute approximate surface area is 112 Å². The van der Waals surface area contributed by atoms with Crippen LogP contribution in [0.4, 0.5) is 11.4 Å². The number of anilines is 1. The van der Waals surface area contributed by atoms with Crippen LogP contribution in [0.1, 0.15) is 20.8 Å². The third-order valence-corrected chi connectivity index (χ3v) is 2.50. The molecule has 0 atom stereocenters. The van der Waals surface area contributed by atoms with Gasteiger partial charge in [-0.3, -0.25) is 24.6 Å². The first-order chi connectivity index (χ1) is 8.75. The van der Waals surface area contributed by atoms with Crippen molar-refractivity contribution >= 4 is 36.5 Å². The maximum Gasteiger partial charge on any atom is 0.262 e. The molecule has 7 heteroatoms. The first-order valence-corrected chi connectivity index (χ1v) is 5.64. The number of rotatable bonds is 3. The van der Waals surface area contributed by atoms with Crippen molar-refractivity contribution in [1.29, 1.82) is 0 Å². The smallest absolute Gasteiger partial charge is 0.262 e. The van der Waals surface area contributed by atoms with E-state index in [4.69, 9.17) is 7.85 Å². The number of carbonyl (C=O) groups is 2. The van der Waals surface area contributed by atoms with Crippen molar-refractivity contribution in [3.05, 3.63) is 28.3 Å². The monoisotopic (exact) mass is 260 g/mol. The van der Waals surface area contributed by atoms with Crippen LogP contribution in [0.15, 0.2) is 18.2 Å². The number of nitrogens with zero attached hydrogens (tertiary/aromatic N) is 2. The number of nitro benzene ring substituents is 1. The van der Waals surface area contributed by atoms with E-state index in [0.717, 1.165) is 4.90 Å². The minimum Gasteiger partial charge on any atom is -0.274 e. The number of hydrogen-bond donors (Lipinski definition) is 0. The second kappa shape index (κ2) is 5.64. The Morgan fingerprint density at radius 2 is 1.95 bits per heavy atom. The maximum absolute atomic E-state index is 11.9. The number of carbonyl (C=O) groups excluding carboxylic acids is 2. The zero-order valence-electron chi connectivity index (χ0n) is 10.9. The number of amides is 2. The van der Waals surface area contributed by atoms with Crippen molar-refractivity contribution in [2.75, 3.05) is 4.90 Å². The van der Waals surface area contributed by atoms with Gasteiger partial charge in [-0.15, -0.1) is 0 Å². The zero-order chi connectivity index (χ0) is 14.7. The molecular formula is C12H13BN2O4. The fraction of sp³-hybridized carbons (Fsp3) is 0.333. The van der Waals surface area contributed by atoms with Crippen molar-refractivity contribution in [2.24, 2.45) is 5.92 Å². The van der Waals surface area contributed by atoms with Gasteiger partial charge in [-0.25, -0.2) is 0 Å². The Morgan fingerprint density at radius 1 is 1.37 bits per heavy atom. The molecule has 19 heavy (non-hydrogen) atoms. The molecule has 1 aromatic rings. The van der Waals surface area contributed by atoms with Crippen LogP contribution in [0.25, 0.3) is 0 Å². The van der Waals surface area contributed by atoms with E-state index in [0.29, 0.717) is 0 Å². The van der Waals surface area contributed by atoms with Crippen LogP contribution in [0.3, 0.4) is 0 Å². The van der Waals surface area contributed by atoms with Gasteiger partial charge in [0.25, 0.3) is 5.69 Å². The van der Waals surface area contributed by atoms with Gasteiger partial charge in [0.1, 0.15) is 7.85 Å². The molecule has 0 aromatic heterocycles. The van der Waals surface area contributed by atoms with E-state index < -0.39 is 10.8 Å². The molecule has 0 fully saturated rings. The molecular weight excluding hydrogens is 247 g/mol. The van der Waals surface area contributed by atoms with Crippen LogP contribution in [-0.4, -0.2) is 24.6 Å². The number of benzene rings is 1. The molecule has 0 aliphatic carbocycles. The highest BCUT2D eigenvalue weighted by Crippen LogP contribution is 2.19. The predicted molar refractivity (Wildman–Crippen MR) is 71.5 cm³/mol. The summed E-state index contributed by atoms with van der Waals surface area (Å²) < 4.78 is 0. The van der Waals surface area contributed by atoms with Crippen molar-refractivity contribution in [3.63, 3.8) is 0 Å². The predicted octanol–water partition coefficient (Wildman–Crippen LogP) is 0.924. The van der Waals surface area contributed by atoms with Crippen molar-refractivity contribution < 1.29 is 14.5 Å². The van der Waals surface area contributed by atoms with Gasteiger partial charge in [0.2, 0.25) is 11.8 Å². The molecule has 0 N–H and O–H groups in total. The quantitative estimate of drug-likeness (QED) is 0.459. The lowest BCUT2D eigenvalue weighted by atomic mass is 9.93. The summed E-state index contributed by atoms with van der Waals surface area (Å²) in [6, 6.07) is 3.75. The maximum atomic E-state index is 11.9. The Bertz CT molecular complexity index is 543. The third-order valence-electron chi connectivity index (χ3n) is 2.50. The van der Waals surface area contributed by atoms with Gasteiger partial charge in [0, 0.05) is 18.9 Å². The van der Waals surface area contributed by atoms with E-state index in [2.05, 4.69) is 0 Å². The van der Waals surface area contributed by atoms with E-state index in [1.165, 1.54) is 25.1 Å². The lowest BCUT2D eigenvalue weighted by molar-refractivity contribution is -0.383. The largest absolute Gasteiger partial charge is 0.274 e. The summed E-state index contributed by atoms with van der Waals surface area (Å²) in [5, 5.41) is 10.7. The molecule has 2 radical (unpaired) electrons. The first kappa shape index (κ1) is 14.9. The summed E-state index contributed by atoms with van der Waals surface area (Å²) in [6.07, 6.45) is 0. The Kier molecular flexibility index (Phi) is 4.42. The van der Waals surface area contributed by atoms with Gasteiger partial charge in [0.05, 0.1) is 10.6 Å². The summed E-state index contributed by atoms with van der Waals surface area (Å²) in [7, 11) is 5.55. The molecule has 0 saturated heterocycles. The topological polar surface area (TPSA) is 80.5 Å². The summed E-state index contributed by atoms with van der Waals surface area (Å²) in [5.41, 5.74) is -0.121. The molecule has 1 rings (SSSR count). The van der Waals surface area contributed by atoms with Crippen molar-refractivity contribution in [2.45, 2.75) is 20.8 Å². The van der Waals surface area contributed by atoms with Crippen LogP contribution in [-0.2, 0) is 9.59 Å². The van der Waals surface area contributed by atoms with E-state index in [1.54, 1.807) is 13.8 Å². The van der Waals surface area contributed by atoms with E-state index >= 15 is 0 Å². The van der Waals surface area contributed by atoms with Gasteiger partial charge in [-0.2, -0.15) is 0 Å². The van der Waals surface area contributed by atoms with E-state index in [1.807, 2.05) is 0 Å². The summed E-state index contributed by atoms with van der Waals surface area (Å²) >= 11 is 0. The van der Waals surface area contributed by atoms with Gasteiger partial charge in [-0.1, -0.05) is 13.8 Å². The minimum absolute atomic E-state index is 0.0923. The standard InChI is InChI=1S/C12H13BN2O4/c1-7(2)12(17)14(8(3)16)9-4-5-11(15(18)19)10(13)6-9/h4-7H,1-3H3. The van der Waals surface area contributed by atoms with Crippen LogP contribution >= 0.6 is 0 Å². The third kappa shape index (κ3) is 3.18. The normalized spacial score (nSPS) is 10.3. The molecule has 0 bridgehead atoms. The summed E-state index contributed by atoms with van der Waals surface area (Å²) in [5.74, 6) is -1.23. The average Bonchev–Trinajstić information content (AvgIpc) is 2.27. The summed E-state index contributed by atoms with van der Waals surface area (Å²) in [6.45, 7) is 4.57. The fourth-order valence-corrected chi connectivity index (χ4v) is 1.57. The lowest BCUT2D eigenvalue weighted by Gasteiger charge is -2.21. The van der Waals surface area contributed by atoms with Crippen molar-refractivity contribution in [1.82, 2.24) is 0 Å². The van der Waals surface area contributed by atoms with Gasteiger partial charge < -0.3 is 0 Å². The molecule has 98 valence electrons. The van der Waals surface area contributed by atoms with Crippen LogP contribution in [0.5, 0.6) is 0 Å². The first-order valence-electron chi connectivity index (χ1n) is 5.64. The number of hydrogen-bond acceptors (Lipinski definition) is 4. The average molecular weight is 260 g/mol. The van der Waals surface area contributed by atoms with E-state index in [9.17, 15) is 19.7 Å². The Morgan fingerprint density at radius 3 is 2.32 bits per heavy atom. The molecule has 0 aliphatic rings. The second-order valence-electron chi connectivity index (χ2n) is 4.35. The Balaban J connectivity index is 3.26. The Hall–Kier alpha value is -2.18. The van der Waals surface area contributed by atoms with Crippen LogP contribution < -0.4 is 10.4 Å². The molecule has 0 unspecified atom stereocenters. The number of imide groups is 1. The molecule has 1 aromatic carbocycles. The molecule has 0 spiro atoms. The van der Waals surface area contributed by atoms with Gasteiger partial charge in [0.15, 0.2) is 0 Å². The van der Waals surface area contributed by atoms with Gasteiger partial charge >= 0.3 is 0 Å². The number of nitro groups is 1. The SMILES string of the molecule is [B]c1cc(N(C(C)=O)C(=O)C(C)C)ccc1[N+](=O)[O-]. The fourth-order valence-electron chi connectivity index (χ4n) is 1.57. The van der Waals surface area contributed by atoms with E-state index in [-0.39, 0.29) is 28.7 Å². The second-order valence-corrected chi connectivity index (χ2v) is 4.35. The highest BCUT2D eigenvalue weighted by atomic mass is 16.6. The molecule has 6 nitrogen and oxygen atoms in total. The van der Waals surface area contributed by atoms with Gasteiger partial charge in [-0.05, 0) is 17.6 Å². The highest BCUT2D eigenvalue weighted by Gasteiger charge is 2.24. The highest BCUT2D eigenvalue weighted by molar-refractivity contribution is 6.35. The molecule has 0 heterocycles. The van der Waals surface area contributed by atoms with Crippen LogP contribution in [0, 0.1) is 16.0 Å². The summed E-state index contributed by atoms with van der Waals surface area (Å²) in [4.78, 5) is 34.5. The zero-order valence-corrected chi connectivity index (χ0v) is 10.9. The lowest BCUT2D eigenvalue weighted by Crippen LogP contribution is -2.38. The molecule has 0 saturated carbocycles. The minimum atomic E-state index is -0.624.